The maximum atomic E-state index is 8.83. The van der Waals surface area contributed by atoms with Gasteiger partial charge in [0, 0.05) is 5.92 Å². The number of hydrogen-bond acceptors (Lipinski definition) is 2. The monoisotopic (exact) mass is 230 g/mol. The van der Waals surface area contributed by atoms with Crippen molar-refractivity contribution in [3.8, 4) is 0 Å². The fraction of sp³-hybridized carbons (Fsp3) is 1.00. The zero-order valence-electron chi connectivity index (χ0n) is 5.06. The second-order valence-electron chi connectivity index (χ2n) is 1.95. The van der Waals surface area contributed by atoms with Gasteiger partial charge in [-0.3, -0.25) is 0 Å². The molecule has 0 aromatic carbocycles. The Kier molecular flexibility index (Phi) is 3.23. The highest BCUT2D eigenvalue weighted by atomic mass is 127. The molecule has 0 rings (SSSR count). The smallest absolute Gasteiger partial charge is 0.219 e. The van der Waals surface area contributed by atoms with Crippen molar-refractivity contribution < 1.29 is 10.2 Å². The van der Waals surface area contributed by atoms with Crippen molar-refractivity contribution in [3.63, 3.8) is 0 Å². The van der Waals surface area contributed by atoms with Crippen LogP contribution in [0.3, 0.4) is 0 Å². The van der Waals surface area contributed by atoms with Gasteiger partial charge in [-0.25, -0.2) is 0 Å². The summed E-state index contributed by atoms with van der Waals surface area (Å²) < 4.78 is -1.52. The summed E-state index contributed by atoms with van der Waals surface area (Å²) in [4.78, 5) is 0. The number of aliphatic hydroxyl groups is 2. The summed E-state index contributed by atoms with van der Waals surface area (Å²) in [5.41, 5.74) is 0. The number of halogens is 1. The number of rotatable bonds is 2. The molecule has 0 unspecified atom stereocenters. The highest BCUT2D eigenvalue weighted by molar-refractivity contribution is 14.1. The van der Waals surface area contributed by atoms with E-state index in [9.17, 15) is 0 Å². The van der Waals surface area contributed by atoms with E-state index in [4.69, 9.17) is 10.2 Å². The molecule has 50 valence electrons. The lowest BCUT2D eigenvalue weighted by molar-refractivity contribution is -0.0972. The lowest BCUT2D eigenvalue weighted by Gasteiger charge is -2.19. The Hall–Kier alpha value is 0.650. The van der Waals surface area contributed by atoms with E-state index < -0.39 is 3.79 Å². The maximum absolute atomic E-state index is 8.83. The largest absolute Gasteiger partial charge is 0.357 e. The summed E-state index contributed by atoms with van der Waals surface area (Å²) in [6, 6.07) is 0. The standard InChI is InChI=1S/C5H11IO2/c1-3-4(2)5(6,7)8/h4,7-8H,3H2,1-2H3/t4-/m0/s1. The van der Waals surface area contributed by atoms with Gasteiger partial charge < -0.3 is 10.2 Å². The molecule has 0 aliphatic carbocycles. The van der Waals surface area contributed by atoms with Crippen LogP contribution in [0.1, 0.15) is 20.3 Å². The SMILES string of the molecule is CC[C@H](C)C(O)(O)I. The Bertz CT molecular complexity index is 67.3. The van der Waals surface area contributed by atoms with E-state index in [-0.39, 0.29) is 5.92 Å². The van der Waals surface area contributed by atoms with Crippen LogP contribution >= 0.6 is 22.6 Å². The average Bonchev–Trinajstić information content (AvgIpc) is 1.62. The van der Waals surface area contributed by atoms with Crippen LogP contribution < -0.4 is 0 Å². The topological polar surface area (TPSA) is 40.5 Å². The first-order valence-corrected chi connectivity index (χ1v) is 3.70. The van der Waals surface area contributed by atoms with Gasteiger partial charge in [-0.2, -0.15) is 0 Å². The molecule has 0 heterocycles. The van der Waals surface area contributed by atoms with Gasteiger partial charge in [-0.1, -0.05) is 13.8 Å². The first-order chi connectivity index (χ1) is 3.48. The van der Waals surface area contributed by atoms with Crippen molar-refractivity contribution in [1.82, 2.24) is 0 Å². The zero-order valence-corrected chi connectivity index (χ0v) is 7.21. The van der Waals surface area contributed by atoms with Crippen LogP contribution in [0.4, 0.5) is 0 Å². The van der Waals surface area contributed by atoms with Gasteiger partial charge in [0.25, 0.3) is 0 Å². The van der Waals surface area contributed by atoms with Crippen molar-refractivity contribution >= 4 is 22.6 Å². The number of hydrogen-bond donors (Lipinski definition) is 2. The summed E-state index contributed by atoms with van der Waals surface area (Å²) in [6.45, 7) is 3.72. The molecule has 0 aromatic heterocycles. The van der Waals surface area contributed by atoms with Gasteiger partial charge in [0.15, 0.2) is 0 Å². The minimum absolute atomic E-state index is 0.0527. The van der Waals surface area contributed by atoms with Gasteiger partial charge in [-0.15, -0.1) is 0 Å². The molecule has 0 aromatic rings. The quantitative estimate of drug-likeness (QED) is 0.423. The molecule has 0 saturated carbocycles. The van der Waals surface area contributed by atoms with Gasteiger partial charge in [0.2, 0.25) is 3.79 Å². The Labute approximate surface area is 63.0 Å². The second kappa shape index (κ2) is 2.98. The van der Waals surface area contributed by atoms with Gasteiger partial charge >= 0.3 is 0 Å². The third-order valence-electron chi connectivity index (χ3n) is 1.24. The number of alkyl halides is 1. The van der Waals surface area contributed by atoms with Crippen LogP contribution in [0.15, 0.2) is 0 Å². The van der Waals surface area contributed by atoms with Crippen LogP contribution in [0.25, 0.3) is 0 Å². The van der Waals surface area contributed by atoms with E-state index in [2.05, 4.69) is 0 Å². The lowest BCUT2D eigenvalue weighted by atomic mass is 10.1. The average molecular weight is 230 g/mol. The molecule has 3 heteroatoms. The molecule has 0 amide bonds. The molecule has 0 bridgehead atoms. The zero-order chi connectivity index (χ0) is 6.78. The molecule has 0 spiro atoms. The Morgan fingerprint density at radius 3 is 2.00 bits per heavy atom. The minimum Gasteiger partial charge on any atom is -0.357 e. The van der Waals surface area contributed by atoms with E-state index in [1.54, 1.807) is 29.5 Å². The molecule has 2 nitrogen and oxygen atoms in total. The highest BCUT2D eigenvalue weighted by Gasteiger charge is 2.24. The Morgan fingerprint density at radius 2 is 2.00 bits per heavy atom. The molecule has 0 saturated heterocycles. The van der Waals surface area contributed by atoms with E-state index in [1.807, 2.05) is 6.92 Å². The molecule has 0 radical (unpaired) electrons. The molecular formula is C5H11IO2. The predicted octanol–water partition coefficient (Wildman–Crippen LogP) is 1.11. The van der Waals surface area contributed by atoms with Crippen molar-refractivity contribution in [1.29, 1.82) is 0 Å². The Morgan fingerprint density at radius 1 is 1.62 bits per heavy atom. The third kappa shape index (κ3) is 2.84. The van der Waals surface area contributed by atoms with E-state index in [0.717, 1.165) is 6.42 Å². The first-order valence-electron chi connectivity index (χ1n) is 2.62. The van der Waals surface area contributed by atoms with Crippen LogP contribution in [-0.4, -0.2) is 14.0 Å². The minimum atomic E-state index is -1.52. The van der Waals surface area contributed by atoms with E-state index in [0.29, 0.717) is 0 Å². The summed E-state index contributed by atoms with van der Waals surface area (Å²) >= 11 is 1.61. The van der Waals surface area contributed by atoms with Crippen LogP contribution in [0.2, 0.25) is 0 Å². The maximum Gasteiger partial charge on any atom is 0.219 e. The van der Waals surface area contributed by atoms with Gasteiger partial charge in [-0.05, 0) is 29.0 Å². The van der Waals surface area contributed by atoms with E-state index >= 15 is 0 Å². The highest BCUT2D eigenvalue weighted by Crippen LogP contribution is 2.23. The summed E-state index contributed by atoms with van der Waals surface area (Å²) in [5.74, 6) is -0.0527. The molecule has 0 fully saturated rings. The fourth-order valence-electron chi connectivity index (χ4n) is 0.260. The molecule has 8 heavy (non-hydrogen) atoms. The summed E-state index contributed by atoms with van der Waals surface area (Å²) in [7, 11) is 0. The summed E-state index contributed by atoms with van der Waals surface area (Å²) in [5, 5.41) is 17.7. The third-order valence-corrected chi connectivity index (χ3v) is 2.30. The van der Waals surface area contributed by atoms with E-state index in [1.165, 1.54) is 0 Å². The molecule has 2 N–H and O–H groups in total. The van der Waals surface area contributed by atoms with Crippen molar-refractivity contribution in [3.05, 3.63) is 0 Å². The summed E-state index contributed by atoms with van der Waals surface area (Å²) in [6.07, 6.45) is 0.788. The van der Waals surface area contributed by atoms with Crippen molar-refractivity contribution in [2.24, 2.45) is 5.92 Å². The van der Waals surface area contributed by atoms with Crippen LogP contribution in [0, 0.1) is 5.92 Å². The lowest BCUT2D eigenvalue weighted by Crippen LogP contribution is -2.27. The van der Waals surface area contributed by atoms with Crippen molar-refractivity contribution in [2.75, 3.05) is 0 Å². The molecule has 0 aliphatic rings. The fourth-order valence-corrected chi connectivity index (χ4v) is 0.700. The normalized spacial score (nSPS) is 16.1. The predicted molar refractivity (Wildman–Crippen MR) is 40.6 cm³/mol. The van der Waals surface area contributed by atoms with Gasteiger partial charge in [0.1, 0.15) is 0 Å². The molecule has 0 aliphatic heterocycles. The van der Waals surface area contributed by atoms with Crippen LogP contribution in [0.5, 0.6) is 0 Å². The Balaban J connectivity index is 3.62. The van der Waals surface area contributed by atoms with Crippen LogP contribution in [-0.2, 0) is 0 Å². The molecule has 1 atom stereocenters. The second-order valence-corrected chi connectivity index (χ2v) is 3.53. The first kappa shape index (κ1) is 8.65. The molecular weight excluding hydrogens is 219 g/mol. The van der Waals surface area contributed by atoms with Gasteiger partial charge in [0.05, 0.1) is 0 Å². The van der Waals surface area contributed by atoms with Crippen molar-refractivity contribution in [2.45, 2.75) is 24.1 Å².